The van der Waals surface area contributed by atoms with Crippen molar-refractivity contribution >= 4 is 16.9 Å². The van der Waals surface area contributed by atoms with Gasteiger partial charge in [0.05, 0.1) is 12.6 Å². The maximum absolute atomic E-state index is 5.93. The molecule has 1 aliphatic rings. The summed E-state index contributed by atoms with van der Waals surface area (Å²) < 4.78 is 11.8. The smallest absolute Gasteiger partial charge is 0.191 e. The lowest BCUT2D eigenvalue weighted by Gasteiger charge is -2.13. The summed E-state index contributed by atoms with van der Waals surface area (Å²) in [6, 6.07) is 8.13. The minimum atomic E-state index is 0.494. The molecule has 1 aromatic carbocycles. The summed E-state index contributed by atoms with van der Waals surface area (Å²) >= 11 is 0. The van der Waals surface area contributed by atoms with Crippen LogP contribution in [-0.2, 0) is 11.3 Å². The molecule has 1 aliphatic carbocycles. The molecule has 0 aliphatic heterocycles. The molecule has 0 radical (unpaired) electrons. The van der Waals surface area contributed by atoms with Gasteiger partial charge in [-0.3, -0.25) is 4.99 Å². The van der Waals surface area contributed by atoms with Gasteiger partial charge in [-0.2, -0.15) is 0 Å². The van der Waals surface area contributed by atoms with Gasteiger partial charge >= 0.3 is 0 Å². The average molecular weight is 343 g/mol. The molecular weight excluding hydrogens is 314 g/mol. The number of furan rings is 1. The third-order valence-electron chi connectivity index (χ3n) is 4.85. The van der Waals surface area contributed by atoms with Gasteiger partial charge in [0.1, 0.15) is 11.3 Å². The van der Waals surface area contributed by atoms with Crippen molar-refractivity contribution in [3.05, 3.63) is 35.6 Å². The first kappa shape index (κ1) is 17.8. The van der Waals surface area contributed by atoms with Crippen LogP contribution < -0.4 is 10.6 Å². The fourth-order valence-corrected chi connectivity index (χ4v) is 3.36. The van der Waals surface area contributed by atoms with Crippen LogP contribution in [0.1, 0.15) is 43.4 Å². The lowest BCUT2D eigenvalue weighted by Crippen LogP contribution is -2.37. The fourth-order valence-electron chi connectivity index (χ4n) is 3.36. The van der Waals surface area contributed by atoms with Crippen molar-refractivity contribution in [1.29, 1.82) is 0 Å². The van der Waals surface area contributed by atoms with E-state index in [0.29, 0.717) is 12.6 Å². The number of para-hydroxylation sites is 1. The zero-order valence-electron chi connectivity index (χ0n) is 15.3. The van der Waals surface area contributed by atoms with Crippen molar-refractivity contribution in [3.8, 4) is 0 Å². The predicted molar refractivity (Wildman–Crippen MR) is 102 cm³/mol. The van der Waals surface area contributed by atoms with Gasteiger partial charge in [0, 0.05) is 31.1 Å². The monoisotopic (exact) mass is 343 g/mol. The van der Waals surface area contributed by atoms with Crippen molar-refractivity contribution in [2.45, 2.75) is 51.7 Å². The molecule has 0 spiro atoms. The van der Waals surface area contributed by atoms with Crippen LogP contribution in [0.4, 0.5) is 0 Å². The number of ether oxygens (including phenoxy) is 1. The van der Waals surface area contributed by atoms with Crippen LogP contribution in [0, 0.1) is 6.92 Å². The topological polar surface area (TPSA) is 58.8 Å². The van der Waals surface area contributed by atoms with Crippen LogP contribution in [0.25, 0.3) is 11.0 Å². The average Bonchev–Trinajstić information content (AvgIpc) is 3.26. The zero-order chi connectivity index (χ0) is 17.5. The van der Waals surface area contributed by atoms with Crippen molar-refractivity contribution in [2.75, 3.05) is 20.2 Å². The molecule has 0 atom stereocenters. The molecule has 2 aromatic rings. The van der Waals surface area contributed by atoms with Gasteiger partial charge in [-0.1, -0.05) is 31.0 Å². The molecule has 1 aromatic heterocycles. The SMILES string of the molecule is CN=C(NCCCOC1CCCC1)NCc1oc2ccccc2c1C. The van der Waals surface area contributed by atoms with Crippen molar-refractivity contribution < 1.29 is 9.15 Å². The highest BCUT2D eigenvalue weighted by molar-refractivity contribution is 5.82. The number of aryl methyl sites for hydroxylation is 1. The molecule has 25 heavy (non-hydrogen) atoms. The summed E-state index contributed by atoms with van der Waals surface area (Å²) in [5.41, 5.74) is 2.12. The number of guanidine groups is 1. The van der Waals surface area contributed by atoms with E-state index >= 15 is 0 Å². The Balaban J connectivity index is 1.40. The van der Waals surface area contributed by atoms with Crippen LogP contribution in [0.3, 0.4) is 0 Å². The van der Waals surface area contributed by atoms with E-state index in [2.05, 4.69) is 28.6 Å². The highest BCUT2D eigenvalue weighted by atomic mass is 16.5. The number of aliphatic imine (C=N–C) groups is 1. The molecule has 1 heterocycles. The molecule has 0 unspecified atom stereocenters. The standard InChI is InChI=1S/C20H29N3O2/c1-15-17-10-5-6-11-18(17)25-19(15)14-23-20(21-2)22-12-7-13-24-16-8-3-4-9-16/h5-6,10-11,16H,3-4,7-9,12-14H2,1-2H3,(H2,21,22,23). The van der Waals surface area contributed by atoms with Gasteiger partial charge in [0.25, 0.3) is 0 Å². The van der Waals surface area contributed by atoms with Gasteiger partial charge in [-0.25, -0.2) is 0 Å². The van der Waals surface area contributed by atoms with Gasteiger partial charge in [0.15, 0.2) is 5.96 Å². The number of hydrogen-bond donors (Lipinski definition) is 2. The predicted octanol–water partition coefficient (Wildman–Crippen LogP) is 3.76. The fraction of sp³-hybridized carbons (Fsp3) is 0.550. The Kier molecular flexibility index (Phi) is 6.34. The van der Waals surface area contributed by atoms with Gasteiger partial charge in [0.2, 0.25) is 0 Å². The minimum absolute atomic E-state index is 0.494. The third kappa shape index (κ3) is 4.75. The highest BCUT2D eigenvalue weighted by Gasteiger charge is 2.14. The Morgan fingerprint density at radius 2 is 2.04 bits per heavy atom. The number of fused-ring (bicyclic) bond motifs is 1. The van der Waals surface area contributed by atoms with E-state index in [9.17, 15) is 0 Å². The largest absolute Gasteiger partial charge is 0.459 e. The van der Waals surface area contributed by atoms with Crippen molar-refractivity contribution in [2.24, 2.45) is 4.99 Å². The lowest BCUT2D eigenvalue weighted by atomic mass is 10.1. The molecule has 1 fully saturated rings. The van der Waals surface area contributed by atoms with Crippen LogP contribution >= 0.6 is 0 Å². The number of nitrogens with zero attached hydrogens (tertiary/aromatic N) is 1. The Hall–Kier alpha value is -2.01. The zero-order valence-corrected chi connectivity index (χ0v) is 15.3. The van der Waals surface area contributed by atoms with Crippen LogP contribution in [-0.4, -0.2) is 32.3 Å². The molecule has 0 bridgehead atoms. The van der Waals surface area contributed by atoms with Crippen LogP contribution in [0.2, 0.25) is 0 Å². The molecule has 5 heteroatoms. The molecule has 0 saturated heterocycles. The number of hydrogen-bond acceptors (Lipinski definition) is 3. The summed E-state index contributed by atoms with van der Waals surface area (Å²) in [5, 5.41) is 7.83. The summed E-state index contributed by atoms with van der Waals surface area (Å²) in [6.45, 7) is 4.39. The summed E-state index contributed by atoms with van der Waals surface area (Å²) in [7, 11) is 1.79. The Morgan fingerprint density at radius 1 is 1.24 bits per heavy atom. The Bertz CT molecular complexity index is 702. The van der Waals surface area contributed by atoms with E-state index in [-0.39, 0.29) is 0 Å². The van der Waals surface area contributed by atoms with Gasteiger partial charge in [-0.05, 0) is 32.3 Å². The van der Waals surface area contributed by atoms with E-state index < -0.39 is 0 Å². The van der Waals surface area contributed by atoms with Crippen LogP contribution in [0.5, 0.6) is 0 Å². The van der Waals surface area contributed by atoms with Gasteiger partial charge < -0.3 is 19.8 Å². The quantitative estimate of drug-likeness (QED) is 0.457. The molecule has 0 amide bonds. The second-order valence-electron chi connectivity index (χ2n) is 6.63. The second kappa shape index (κ2) is 8.90. The number of nitrogens with one attached hydrogen (secondary N) is 2. The first-order chi connectivity index (χ1) is 12.3. The highest BCUT2D eigenvalue weighted by Crippen LogP contribution is 2.24. The maximum Gasteiger partial charge on any atom is 0.191 e. The molecule has 5 nitrogen and oxygen atoms in total. The van der Waals surface area contributed by atoms with E-state index in [1.165, 1.54) is 36.6 Å². The van der Waals surface area contributed by atoms with Gasteiger partial charge in [-0.15, -0.1) is 0 Å². The summed E-state index contributed by atoms with van der Waals surface area (Å²) in [6.07, 6.45) is 6.58. The van der Waals surface area contributed by atoms with E-state index in [4.69, 9.17) is 9.15 Å². The van der Waals surface area contributed by atoms with Crippen LogP contribution in [0.15, 0.2) is 33.7 Å². The summed E-state index contributed by atoms with van der Waals surface area (Å²) in [4.78, 5) is 4.27. The van der Waals surface area contributed by atoms with Crippen molar-refractivity contribution in [1.82, 2.24) is 10.6 Å². The first-order valence-corrected chi connectivity index (χ1v) is 9.31. The minimum Gasteiger partial charge on any atom is -0.459 e. The van der Waals surface area contributed by atoms with E-state index in [1.54, 1.807) is 7.05 Å². The molecule has 2 N–H and O–H groups in total. The maximum atomic E-state index is 5.93. The normalized spacial score (nSPS) is 15.8. The number of rotatable bonds is 7. The first-order valence-electron chi connectivity index (χ1n) is 9.31. The Labute approximate surface area is 149 Å². The lowest BCUT2D eigenvalue weighted by molar-refractivity contribution is 0.0574. The second-order valence-corrected chi connectivity index (χ2v) is 6.63. The molecular formula is C20H29N3O2. The third-order valence-corrected chi connectivity index (χ3v) is 4.85. The molecule has 3 rings (SSSR count). The van der Waals surface area contributed by atoms with E-state index in [1.807, 2.05) is 18.2 Å². The number of benzene rings is 1. The summed E-state index contributed by atoms with van der Waals surface area (Å²) in [5.74, 6) is 1.74. The molecule has 136 valence electrons. The Morgan fingerprint density at radius 3 is 2.80 bits per heavy atom. The van der Waals surface area contributed by atoms with E-state index in [0.717, 1.165) is 36.9 Å². The molecule has 1 saturated carbocycles. The van der Waals surface area contributed by atoms with Crippen molar-refractivity contribution in [3.63, 3.8) is 0 Å².